The second kappa shape index (κ2) is 4.75. The molecule has 2 N–H and O–H groups in total. The SMILES string of the molecule is CC1=C(CN)ON2C1=c1ccccc1=C(C)c1ccccc12. The Labute approximate surface area is 129 Å². The topological polar surface area (TPSA) is 38.5 Å². The van der Waals surface area contributed by atoms with Crippen molar-refractivity contribution in [1.82, 2.24) is 0 Å². The Morgan fingerprint density at radius 1 is 0.909 bits per heavy atom. The van der Waals surface area contributed by atoms with Crippen molar-refractivity contribution >= 4 is 17.0 Å². The molecule has 4 rings (SSSR count). The molecule has 3 nitrogen and oxygen atoms in total. The van der Waals surface area contributed by atoms with Crippen LogP contribution in [-0.4, -0.2) is 6.54 Å². The van der Waals surface area contributed by atoms with Gasteiger partial charge in [-0.1, -0.05) is 42.5 Å². The highest BCUT2D eigenvalue weighted by Gasteiger charge is 2.30. The van der Waals surface area contributed by atoms with Crippen molar-refractivity contribution in [3.05, 3.63) is 75.9 Å². The summed E-state index contributed by atoms with van der Waals surface area (Å²) in [6, 6.07) is 16.8. The van der Waals surface area contributed by atoms with Gasteiger partial charge in [-0.2, -0.15) is 5.06 Å². The molecule has 0 bridgehead atoms. The first-order valence-electron chi connectivity index (χ1n) is 7.50. The molecule has 2 aromatic carbocycles. The van der Waals surface area contributed by atoms with E-state index in [-0.39, 0.29) is 0 Å². The fourth-order valence-corrected chi connectivity index (χ4v) is 3.31. The lowest BCUT2D eigenvalue weighted by Crippen LogP contribution is -2.31. The fraction of sp³-hybridized carbons (Fsp3) is 0.158. The van der Waals surface area contributed by atoms with Crippen molar-refractivity contribution in [2.24, 2.45) is 5.73 Å². The van der Waals surface area contributed by atoms with Crippen LogP contribution in [0.3, 0.4) is 0 Å². The van der Waals surface area contributed by atoms with E-state index in [1.54, 1.807) is 0 Å². The van der Waals surface area contributed by atoms with Gasteiger partial charge in [-0.3, -0.25) is 0 Å². The Morgan fingerprint density at radius 2 is 1.59 bits per heavy atom. The second-order valence-corrected chi connectivity index (χ2v) is 5.67. The van der Waals surface area contributed by atoms with E-state index in [0.29, 0.717) is 6.54 Å². The Bertz CT molecular complexity index is 924. The van der Waals surface area contributed by atoms with Gasteiger partial charge in [0, 0.05) is 16.4 Å². The summed E-state index contributed by atoms with van der Waals surface area (Å²) < 4.78 is 0. The molecule has 110 valence electrons. The minimum Gasteiger partial charge on any atom is -0.377 e. The first kappa shape index (κ1) is 13.2. The molecule has 0 radical (unpaired) electrons. The standard InChI is InChI=1S/C19H18N2O/c1-12-14-7-3-4-9-16(14)19-13(2)18(11-20)22-21(19)17-10-6-5-8-15(12)17/h3-10H,11,20H2,1-2H3. The predicted molar refractivity (Wildman–Crippen MR) is 89.0 cm³/mol. The number of para-hydroxylation sites is 1. The van der Waals surface area contributed by atoms with Crippen molar-refractivity contribution in [1.29, 1.82) is 0 Å². The first-order valence-corrected chi connectivity index (χ1v) is 7.50. The van der Waals surface area contributed by atoms with Gasteiger partial charge >= 0.3 is 0 Å². The third kappa shape index (κ3) is 1.66. The van der Waals surface area contributed by atoms with E-state index in [2.05, 4.69) is 56.3 Å². The lowest BCUT2D eigenvalue weighted by Gasteiger charge is -2.21. The summed E-state index contributed by atoms with van der Waals surface area (Å²) in [5.41, 5.74) is 11.6. The van der Waals surface area contributed by atoms with E-state index in [9.17, 15) is 0 Å². The zero-order valence-electron chi connectivity index (χ0n) is 12.8. The first-order chi connectivity index (χ1) is 10.7. The smallest absolute Gasteiger partial charge is 0.151 e. The van der Waals surface area contributed by atoms with Crippen LogP contribution in [0.5, 0.6) is 0 Å². The molecule has 0 aliphatic carbocycles. The predicted octanol–water partition coefficient (Wildman–Crippen LogP) is 2.01. The number of benzene rings is 2. The highest BCUT2D eigenvalue weighted by atomic mass is 16.7. The second-order valence-electron chi connectivity index (χ2n) is 5.67. The van der Waals surface area contributed by atoms with Crippen LogP contribution >= 0.6 is 0 Å². The molecule has 0 saturated heterocycles. The fourth-order valence-electron chi connectivity index (χ4n) is 3.31. The average Bonchev–Trinajstić information content (AvgIpc) is 2.85. The van der Waals surface area contributed by atoms with Gasteiger partial charge in [-0.25, -0.2) is 0 Å². The number of nitrogens with zero attached hydrogens (tertiary/aromatic N) is 1. The lowest BCUT2D eigenvalue weighted by molar-refractivity contribution is 0.229. The Morgan fingerprint density at radius 3 is 2.36 bits per heavy atom. The molecule has 2 aliphatic rings. The highest BCUT2D eigenvalue weighted by molar-refractivity contribution is 5.88. The summed E-state index contributed by atoms with van der Waals surface area (Å²) in [6.45, 7) is 4.65. The van der Waals surface area contributed by atoms with Crippen LogP contribution in [0.25, 0.3) is 11.3 Å². The Kier molecular flexibility index (Phi) is 2.84. The maximum atomic E-state index is 6.08. The van der Waals surface area contributed by atoms with Crippen LogP contribution in [0.15, 0.2) is 59.9 Å². The number of hydrogen-bond donors (Lipinski definition) is 1. The van der Waals surface area contributed by atoms with E-state index in [0.717, 1.165) is 22.7 Å². The molecule has 2 heterocycles. The van der Waals surface area contributed by atoms with Crippen LogP contribution in [0.4, 0.5) is 5.69 Å². The quantitative estimate of drug-likeness (QED) is 0.873. The number of hydrogen-bond acceptors (Lipinski definition) is 3. The van der Waals surface area contributed by atoms with Crippen LogP contribution in [0.1, 0.15) is 19.4 Å². The summed E-state index contributed by atoms with van der Waals surface area (Å²) in [5.74, 6) is 0.833. The lowest BCUT2D eigenvalue weighted by atomic mass is 10.0. The van der Waals surface area contributed by atoms with E-state index in [4.69, 9.17) is 10.6 Å². The molecule has 0 spiro atoms. The van der Waals surface area contributed by atoms with Gasteiger partial charge in [0.05, 0.1) is 17.9 Å². The van der Waals surface area contributed by atoms with Crippen molar-refractivity contribution in [3.8, 4) is 0 Å². The van der Waals surface area contributed by atoms with E-state index >= 15 is 0 Å². The molecule has 0 atom stereocenters. The van der Waals surface area contributed by atoms with Gasteiger partial charge < -0.3 is 10.6 Å². The van der Waals surface area contributed by atoms with Crippen molar-refractivity contribution in [2.45, 2.75) is 13.8 Å². The molecule has 2 aromatic rings. The van der Waals surface area contributed by atoms with Gasteiger partial charge in [0.1, 0.15) is 0 Å². The largest absolute Gasteiger partial charge is 0.377 e. The van der Waals surface area contributed by atoms with Gasteiger partial charge in [0.15, 0.2) is 5.76 Å². The van der Waals surface area contributed by atoms with Crippen LogP contribution in [-0.2, 0) is 4.84 Å². The van der Waals surface area contributed by atoms with Crippen LogP contribution in [0.2, 0.25) is 0 Å². The molecule has 0 amide bonds. The summed E-state index contributed by atoms with van der Waals surface area (Å²) in [6.07, 6.45) is 0. The number of nitrogens with two attached hydrogens (primary N) is 1. The Hall–Kier alpha value is -2.52. The van der Waals surface area contributed by atoms with Gasteiger partial charge in [-0.05, 0) is 30.7 Å². The monoisotopic (exact) mass is 290 g/mol. The molecule has 22 heavy (non-hydrogen) atoms. The molecule has 2 aliphatic heterocycles. The van der Waals surface area contributed by atoms with Gasteiger partial charge in [-0.15, -0.1) is 0 Å². The minimum atomic E-state index is 0.402. The summed E-state index contributed by atoms with van der Waals surface area (Å²) >= 11 is 0. The number of fused-ring (bicyclic) bond motifs is 4. The van der Waals surface area contributed by atoms with Crippen molar-refractivity contribution in [2.75, 3.05) is 11.6 Å². The maximum absolute atomic E-state index is 6.08. The number of hydroxylamine groups is 1. The Balaban J connectivity index is 2.21. The average molecular weight is 290 g/mol. The third-order valence-electron chi connectivity index (χ3n) is 4.48. The van der Waals surface area contributed by atoms with Crippen LogP contribution < -0.4 is 21.2 Å². The zero-order chi connectivity index (χ0) is 15.3. The van der Waals surface area contributed by atoms with E-state index in [1.165, 1.54) is 21.6 Å². The molecule has 3 heteroatoms. The third-order valence-corrected chi connectivity index (χ3v) is 4.48. The van der Waals surface area contributed by atoms with Gasteiger partial charge in [0.2, 0.25) is 0 Å². The summed E-state index contributed by atoms with van der Waals surface area (Å²) in [5, 5.41) is 4.37. The highest BCUT2D eigenvalue weighted by Crippen LogP contribution is 2.38. The summed E-state index contributed by atoms with van der Waals surface area (Å²) in [7, 11) is 0. The minimum absolute atomic E-state index is 0.402. The normalized spacial score (nSPS) is 16.0. The molecule has 0 aromatic heterocycles. The maximum Gasteiger partial charge on any atom is 0.151 e. The summed E-state index contributed by atoms with van der Waals surface area (Å²) in [4.78, 5) is 6.08. The number of anilines is 1. The number of rotatable bonds is 1. The van der Waals surface area contributed by atoms with Gasteiger partial charge in [0.25, 0.3) is 0 Å². The zero-order valence-corrected chi connectivity index (χ0v) is 12.8. The molecular weight excluding hydrogens is 272 g/mol. The van der Waals surface area contributed by atoms with E-state index in [1.807, 2.05) is 11.1 Å². The molecule has 0 saturated carbocycles. The van der Waals surface area contributed by atoms with E-state index < -0.39 is 0 Å². The molecule has 0 fully saturated rings. The molecule has 0 unspecified atom stereocenters. The van der Waals surface area contributed by atoms with Crippen molar-refractivity contribution < 1.29 is 4.84 Å². The van der Waals surface area contributed by atoms with Crippen LogP contribution in [0, 0.1) is 0 Å². The van der Waals surface area contributed by atoms with Crippen molar-refractivity contribution in [3.63, 3.8) is 0 Å². The molecular formula is C19H18N2O.